The lowest BCUT2D eigenvalue weighted by atomic mass is 10.0. The molecule has 0 unspecified atom stereocenters. The second kappa shape index (κ2) is 6.68. The maximum absolute atomic E-state index is 13.3. The molecule has 6 heteroatoms. The molecule has 0 N–H and O–H groups in total. The van der Waals surface area contributed by atoms with Crippen molar-refractivity contribution in [3.8, 4) is 11.1 Å². The molecule has 0 fully saturated rings. The first kappa shape index (κ1) is 18.3. The maximum atomic E-state index is 13.3. The van der Waals surface area contributed by atoms with Crippen LogP contribution < -0.4 is 0 Å². The summed E-state index contributed by atoms with van der Waals surface area (Å²) in [7, 11) is 0. The average Bonchev–Trinajstić information content (AvgIpc) is 2.87. The lowest BCUT2D eigenvalue weighted by Crippen LogP contribution is -2.28. The minimum Gasteiger partial charge on any atom is -0.443 e. The lowest BCUT2D eigenvalue weighted by Gasteiger charge is -2.20. The topological polar surface area (TPSA) is 48.3 Å². The predicted molar refractivity (Wildman–Crippen MR) is 102 cm³/mol. The van der Waals surface area contributed by atoms with Crippen molar-refractivity contribution >= 4 is 39.2 Å². The van der Waals surface area contributed by atoms with Crippen molar-refractivity contribution < 1.29 is 18.7 Å². The number of ether oxygens (including phenoxy) is 1. The highest BCUT2D eigenvalue weighted by molar-refractivity contribution is 9.10. The summed E-state index contributed by atoms with van der Waals surface area (Å²) in [5.74, 6) is -0.376. The van der Waals surface area contributed by atoms with Crippen LogP contribution in [0.15, 0.2) is 46.9 Å². The predicted octanol–water partition coefficient (Wildman–Crippen LogP) is 5.81. The van der Waals surface area contributed by atoms with Gasteiger partial charge >= 0.3 is 6.09 Å². The number of carbonyl (C=O) groups is 2. The van der Waals surface area contributed by atoms with Crippen LogP contribution in [0.25, 0.3) is 22.0 Å². The third-order valence-corrected chi connectivity index (χ3v) is 4.28. The first-order valence-electron chi connectivity index (χ1n) is 7.99. The van der Waals surface area contributed by atoms with E-state index in [0.717, 1.165) is 4.47 Å². The molecule has 0 bridgehead atoms. The molecule has 0 aliphatic heterocycles. The van der Waals surface area contributed by atoms with Crippen LogP contribution in [0.3, 0.4) is 0 Å². The van der Waals surface area contributed by atoms with Gasteiger partial charge in [0.1, 0.15) is 17.1 Å². The normalized spacial score (nSPS) is 11.6. The Bertz CT molecular complexity index is 1000. The SMILES string of the molecule is CC(C)(C)OC(=O)n1c(C=O)c(-c2ccc(F)cc2)c2cc(Br)ccc21. The van der Waals surface area contributed by atoms with Crippen LogP contribution in [-0.2, 0) is 4.74 Å². The second-order valence-corrected chi connectivity index (χ2v) is 7.78. The van der Waals surface area contributed by atoms with E-state index >= 15 is 0 Å². The fourth-order valence-corrected chi connectivity index (χ4v) is 3.18. The quantitative estimate of drug-likeness (QED) is 0.494. The first-order chi connectivity index (χ1) is 12.2. The van der Waals surface area contributed by atoms with Crippen molar-refractivity contribution in [2.75, 3.05) is 0 Å². The number of halogens is 2. The maximum Gasteiger partial charge on any atom is 0.419 e. The van der Waals surface area contributed by atoms with Crippen LogP contribution in [0.5, 0.6) is 0 Å². The number of fused-ring (bicyclic) bond motifs is 1. The molecule has 0 saturated heterocycles. The monoisotopic (exact) mass is 417 g/mol. The third kappa shape index (κ3) is 3.42. The Morgan fingerprint density at radius 3 is 2.38 bits per heavy atom. The number of nitrogens with zero attached hydrogens (tertiary/aromatic N) is 1. The lowest BCUT2D eigenvalue weighted by molar-refractivity contribution is 0.0539. The van der Waals surface area contributed by atoms with E-state index in [9.17, 15) is 14.0 Å². The molecule has 0 aliphatic rings. The molecular weight excluding hydrogens is 401 g/mol. The Balaban J connectivity index is 2.34. The molecule has 134 valence electrons. The number of aromatic nitrogens is 1. The van der Waals surface area contributed by atoms with Gasteiger partial charge in [0.2, 0.25) is 0 Å². The number of rotatable bonds is 2. The Kier molecular flexibility index (Phi) is 4.71. The van der Waals surface area contributed by atoms with E-state index in [1.165, 1.54) is 16.7 Å². The van der Waals surface area contributed by atoms with Gasteiger partial charge in [-0.2, -0.15) is 0 Å². The number of hydrogen-bond donors (Lipinski definition) is 0. The summed E-state index contributed by atoms with van der Waals surface area (Å²) >= 11 is 3.42. The fourth-order valence-electron chi connectivity index (χ4n) is 2.82. The molecule has 0 radical (unpaired) electrons. The van der Waals surface area contributed by atoms with E-state index in [0.29, 0.717) is 28.3 Å². The molecule has 4 nitrogen and oxygen atoms in total. The zero-order valence-corrected chi connectivity index (χ0v) is 16.1. The molecule has 0 saturated carbocycles. The molecule has 3 aromatic rings. The van der Waals surface area contributed by atoms with Crippen molar-refractivity contribution in [1.82, 2.24) is 4.57 Å². The van der Waals surface area contributed by atoms with E-state index in [2.05, 4.69) is 15.9 Å². The Labute approximate surface area is 158 Å². The number of aldehydes is 1. The molecular formula is C20H17BrFNO3. The van der Waals surface area contributed by atoms with Crippen LogP contribution in [0.2, 0.25) is 0 Å². The van der Waals surface area contributed by atoms with Gasteiger partial charge in [-0.05, 0) is 56.7 Å². The van der Waals surface area contributed by atoms with Crippen molar-refractivity contribution in [3.63, 3.8) is 0 Å². The summed E-state index contributed by atoms with van der Waals surface area (Å²) in [6.07, 6.45) is -0.0171. The van der Waals surface area contributed by atoms with E-state index < -0.39 is 11.7 Å². The minimum absolute atomic E-state index is 0.166. The fraction of sp³-hybridized carbons (Fsp3) is 0.200. The molecule has 1 heterocycles. The molecule has 26 heavy (non-hydrogen) atoms. The smallest absolute Gasteiger partial charge is 0.419 e. The molecule has 2 aromatic carbocycles. The Morgan fingerprint density at radius 1 is 1.15 bits per heavy atom. The Hall–Kier alpha value is -2.47. The summed E-state index contributed by atoms with van der Waals surface area (Å²) in [5, 5.41) is 0.693. The van der Waals surface area contributed by atoms with Gasteiger partial charge in [0, 0.05) is 15.4 Å². The summed E-state index contributed by atoms with van der Waals surface area (Å²) in [6.45, 7) is 5.28. The van der Waals surface area contributed by atoms with Crippen LogP contribution in [-0.4, -0.2) is 22.5 Å². The van der Waals surface area contributed by atoms with Crippen molar-refractivity contribution in [2.24, 2.45) is 0 Å². The summed E-state index contributed by atoms with van der Waals surface area (Å²) in [4.78, 5) is 24.6. The van der Waals surface area contributed by atoms with Gasteiger partial charge in [-0.3, -0.25) is 4.79 Å². The Morgan fingerprint density at radius 2 is 1.81 bits per heavy atom. The zero-order valence-electron chi connectivity index (χ0n) is 14.5. The minimum atomic E-state index is -0.709. The van der Waals surface area contributed by atoms with Gasteiger partial charge in [0.25, 0.3) is 0 Å². The van der Waals surface area contributed by atoms with Gasteiger partial charge in [-0.15, -0.1) is 0 Å². The summed E-state index contributed by atoms with van der Waals surface area (Å²) in [6, 6.07) is 11.1. The third-order valence-electron chi connectivity index (χ3n) is 3.79. The largest absolute Gasteiger partial charge is 0.443 e. The summed E-state index contributed by atoms with van der Waals surface area (Å²) < 4.78 is 20.9. The number of benzene rings is 2. The molecule has 0 amide bonds. The number of carbonyl (C=O) groups excluding carboxylic acids is 2. The van der Waals surface area contributed by atoms with Crippen molar-refractivity contribution in [2.45, 2.75) is 26.4 Å². The standard InChI is InChI=1S/C20H17BrFNO3/c1-20(2,3)26-19(25)23-16-9-6-13(21)10-15(16)18(17(23)11-24)12-4-7-14(22)8-5-12/h4-11H,1-3H3. The van der Waals surface area contributed by atoms with Crippen LogP contribution in [0.1, 0.15) is 31.3 Å². The zero-order chi connectivity index (χ0) is 19.1. The van der Waals surface area contributed by atoms with Gasteiger partial charge in [-0.1, -0.05) is 28.1 Å². The molecule has 0 atom stereocenters. The van der Waals surface area contributed by atoms with Gasteiger partial charge < -0.3 is 4.74 Å². The summed E-state index contributed by atoms with van der Waals surface area (Å²) in [5.41, 5.74) is 1.20. The van der Waals surface area contributed by atoms with Gasteiger partial charge in [0.15, 0.2) is 6.29 Å². The van der Waals surface area contributed by atoms with Gasteiger partial charge in [-0.25, -0.2) is 13.8 Å². The average molecular weight is 418 g/mol. The first-order valence-corrected chi connectivity index (χ1v) is 8.79. The number of hydrogen-bond acceptors (Lipinski definition) is 3. The van der Waals surface area contributed by atoms with E-state index in [-0.39, 0.29) is 11.5 Å². The van der Waals surface area contributed by atoms with Crippen molar-refractivity contribution in [3.05, 3.63) is 58.4 Å². The molecule has 3 rings (SSSR count). The van der Waals surface area contributed by atoms with E-state index in [4.69, 9.17) is 4.74 Å². The second-order valence-electron chi connectivity index (χ2n) is 6.86. The molecule has 1 aromatic heterocycles. The highest BCUT2D eigenvalue weighted by Crippen LogP contribution is 2.36. The van der Waals surface area contributed by atoms with Crippen LogP contribution in [0.4, 0.5) is 9.18 Å². The van der Waals surface area contributed by atoms with Crippen molar-refractivity contribution in [1.29, 1.82) is 0 Å². The highest BCUT2D eigenvalue weighted by atomic mass is 79.9. The van der Waals surface area contributed by atoms with E-state index in [1.807, 2.05) is 6.07 Å². The van der Waals surface area contributed by atoms with Crippen LogP contribution in [0, 0.1) is 5.82 Å². The molecule has 0 aliphatic carbocycles. The van der Waals surface area contributed by atoms with Gasteiger partial charge in [0.05, 0.1) is 5.52 Å². The van der Waals surface area contributed by atoms with E-state index in [1.54, 1.807) is 45.0 Å². The molecule has 0 spiro atoms. The highest BCUT2D eigenvalue weighted by Gasteiger charge is 2.26. The van der Waals surface area contributed by atoms with Crippen LogP contribution >= 0.6 is 15.9 Å².